The zero-order valence-electron chi connectivity index (χ0n) is 36.2. The van der Waals surface area contributed by atoms with Crippen molar-refractivity contribution < 1.29 is 9.59 Å². The molecule has 0 fully saturated rings. The highest BCUT2D eigenvalue weighted by Crippen LogP contribution is 2.63. The van der Waals surface area contributed by atoms with Crippen LogP contribution in [0.2, 0.25) is 0 Å². The molecule has 2 aliphatic rings. The minimum atomic E-state index is -0.745. The monoisotopic (exact) mass is 854 g/mol. The van der Waals surface area contributed by atoms with Gasteiger partial charge < -0.3 is 9.13 Å². The first-order valence-corrected chi connectivity index (χ1v) is 22.8. The molecule has 2 aliphatic carbocycles. The number of hydrogen-bond donors (Lipinski definition) is 0. The molecule has 10 aromatic carbocycles. The Hall–Kier alpha value is -8.86. The van der Waals surface area contributed by atoms with Gasteiger partial charge in [-0.05, 0) is 129 Å². The lowest BCUT2D eigenvalue weighted by Crippen LogP contribution is -2.26. The van der Waals surface area contributed by atoms with Crippen molar-refractivity contribution in [3.8, 4) is 33.6 Å². The molecule has 2 heterocycles. The third-order valence-corrected chi connectivity index (χ3v) is 14.5. The Morgan fingerprint density at radius 1 is 0.284 bits per heavy atom. The van der Waals surface area contributed by atoms with Crippen molar-refractivity contribution in [3.05, 3.63) is 275 Å². The number of aromatic nitrogens is 2. The third-order valence-electron chi connectivity index (χ3n) is 14.5. The van der Waals surface area contributed by atoms with Crippen molar-refractivity contribution in [2.75, 3.05) is 0 Å². The molecule has 1 spiro atoms. The van der Waals surface area contributed by atoms with Gasteiger partial charge in [0.05, 0.1) is 27.5 Å². The van der Waals surface area contributed by atoms with E-state index in [2.05, 4.69) is 203 Å². The molecule has 12 aromatic rings. The molecule has 0 bridgehead atoms. The molecule has 0 aliphatic heterocycles. The van der Waals surface area contributed by atoms with E-state index >= 15 is 0 Å². The lowest BCUT2D eigenvalue weighted by atomic mass is 9.70. The number of ketones is 2. The van der Waals surface area contributed by atoms with E-state index in [1.54, 1.807) is 0 Å². The molecule has 0 saturated carbocycles. The van der Waals surface area contributed by atoms with Crippen LogP contribution in [-0.2, 0) is 5.41 Å². The van der Waals surface area contributed by atoms with Crippen LogP contribution in [0.15, 0.2) is 231 Å². The van der Waals surface area contributed by atoms with Crippen LogP contribution in [0.1, 0.15) is 54.1 Å². The Morgan fingerprint density at radius 3 is 0.955 bits per heavy atom. The predicted molar refractivity (Wildman–Crippen MR) is 271 cm³/mol. The summed E-state index contributed by atoms with van der Waals surface area (Å²) in [7, 11) is 0. The minimum Gasteiger partial charge on any atom is -0.309 e. The highest BCUT2D eigenvalue weighted by molar-refractivity contribution is 6.13. The normalized spacial score (nSPS) is 13.0. The van der Waals surface area contributed by atoms with Gasteiger partial charge in [-0.3, -0.25) is 9.59 Å². The summed E-state index contributed by atoms with van der Waals surface area (Å²) in [6.07, 6.45) is 0. The number of carbonyl (C=O) groups excluding carboxylic acids is 2. The number of benzene rings is 10. The number of rotatable bonds is 6. The van der Waals surface area contributed by atoms with E-state index in [-0.39, 0.29) is 11.6 Å². The minimum absolute atomic E-state index is 0.0394. The Bertz CT molecular complexity index is 3700. The van der Waals surface area contributed by atoms with E-state index < -0.39 is 5.41 Å². The highest BCUT2D eigenvalue weighted by atomic mass is 16.1. The Labute approximate surface area is 386 Å². The van der Waals surface area contributed by atoms with Crippen molar-refractivity contribution in [1.82, 2.24) is 9.13 Å². The number of hydrogen-bond acceptors (Lipinski definition) is 2. The molecule has 4 heteroatoms. The summed E-state index contributed by atoms with van der Waals surface area (Å²) in [5, 5.41) is 4.79. The molecule has 14 rings (SSSR count). The quantitative estimate of drug-likeness (QED) is 0.156. The van der Waals surface area contributed by atoms with E-state index in [0.29, 0.717) is 22.3 Å². The topological polar surface area (TPSA) is 44.0 Å². The van der Waals surface area contributed by atoms with Gasteiger partial charge in [-0.2, -0.15) is 0 Å². The summed E-state index contributed by atoms with van der Waals surface area (Å²) in [4.78, 5) is 29.4. The summed E-state index contributed by atoms with van der Waals surface area (Å²) >= 11 is 0. The van der Waals surface area contributed by atoms with Gasteiger partial charge in [-0.1, -0.05) is 146 Å². The molecule has 0 atom stereocenters. The maximum Gasteiger partial charge on any atom is 0.193 e. The molecule has 312 valence electrons. The van der Waals surface area contributed by atoms with Gasteiger partial charge in [0.2, 0.25) is 0 Å². The molecule has 0 unspecified atom stereocenters. The zero-order valence-corrected chi connectivity index (χ0v) is 36.2. The van der Waals surface area contributed by atoms with Gasteiger partial charge in [-0.25, -0.2) is 0 Å². The molecule has 2 aromatic heterocycles. The fourth-order valence-corrected chi connectivity index (χ4v) is 11.7. The first-order valence-electron chi connectivity index (χ1n) is 22.8. The first-order chi connectivity index (χ1) is 33.1. The number of nitrogens with zero attached hydrogens (tertiary/aromatic N) is 2. The number of carbonyl (C=O) groups is 2. The van der Waals surface area contributed by atoms with Gasteiger partial charge in [0.25, 0.3) is 0 Å². The SMILES string of the molecule is O=C(c1ccc(-n2c3ccccc3c3ccccc32)cc1)c1ccc2c(c1)C1(c3ccccc3-2)c2ccccc2-c2ccc(C(=O)c3ccc(-n4c5ccccc5c5ccccc54)cc3)cc21. The lowest BCUT2D eigenvalue weighted by molar-refractivity contribution is 0.103. The Balaban J connectivity index is 0.867. The van der Waals surface area contributed by atoms with Crippen LogP contribution in [-0.4, -0.2) is 20.7 Å². The molecule has 0 saturated heterocycles. The lowest BCUT2D eigenvalue weighted by Gasteiger charge is -2.31. The summed E-state index contributed by atoms with van der Waals surface area (Å²) in [5.41, 5.74) is 17.1. The van der Waals surface area contributed by atoms with Crippen LogP contribution >= 0.6 is 0 Å². The smallest absolute Gasteiger partial charge is 0.193 e. The van der Waals surface area contributed by atoms with E-state index in [1.165, 1.54) is 21.5 Å². The van der Waals surface area contributed by atoms with Gasteiger partial charge in [0, 0.05) is 55.2 Å². The van der Waals surface area contributed by atoms with E-state index in [1.807, 2.05) is 36.4 Å². The largest absolute Gasteiger partial charge is 0.309 e. The summed E-state index contributed by atoms with van der Waals surface area (Å²) < 4.78 is 4.54. The van der Waals surface area contributed by atoms with Crippen LogP contribution in [0.25, 0.3) is 77.2 Å². The van der Waals surface area contributed by atoms with Gasteiger partial charge >= 0.3 is 0 Å². The second kappa shape index (κ2) is 14.1. The van der Waals surface area contributed by atoms with E-state index in [9.17, 15) is 9.59 Å². The van der Waals surface area contributed by atoms with Gasteiger partial charge in [0.15, 0.2) is 11.6 Å². The van der Waals surface area contributed by atoms with Crippen LogP contribution in [0, 0.1) is 0 Å². The fraction of sp³-hybridized carbons (Fsp3) is 0.0159. The van der Waals surface area contributed by atoms with Crippen molar-refractivity contribution in [2.45, 2.75) is 5.41 Å². The predicted octanol–water partition coefficient (Wildman–Crippen LogP) is 14.7. The fourth-order valence-electron chi connectivity index (χ4n) is 11.7. The maximum atomic E-state index is 14.7. The average molecular weight is 855 g/mol. The first kappa shape index (κ1) is 37.5. The van der Waals surface area contributed by atoms with Crippen molar-refractivity contribution in [1.29, 1.82) is 0 Å². The van der Waals surface area contributed by atoms with Crippen LogP contribution < -0.4 is 0 Å². The van der Waals surface area contributed by atoms with Crippen LogP contribution in [0.3, 0.4) is 0 Å². The van der Waals surface area contributed by atoms with Crippen LogP contribution in [0.5, 0.6) is 0 Å². The molecule has 67 heavy (non-hydrogen) atoms. The van der Waals surface area contributed by atoms with Crippen molar-refractivity contribution in [3.63, 3.8) is 0 Å². The van der Waals surface area contributed by atoms with Gasteiger partial charge in [0.1, 0.15) is 0 Å². The maximum absolute atomic E-state index is 14.7. The van der Waals surface area contributed by atoms with E-state index in [4.69, 9.17) is 0 Å². The molecular weight excluding hydrogens is 817 g/mol. The number of fused-ring (bicyclic) bond motifs is 16. The van der Waals surface area contributed by atoms with Crippen molar-refractivity contribution in [2.24, 2.45) is 0 Å². The summed E-state index contributed by atoms with van der Waals surface area (Å²) in [6, 6.07) is 79.5. The summed E-state index contributed by atoms with van der Waals surface area (Å²) in [5.74, 6) is -0.0788. The third kappa shape index (κ3) is 5.18. The highest BCUT2D eigenvalue weighted by Gasteiger charge is 2.52. The second-order valence-electron chi connectivity index (χ2n) is 17.9. The van der Waals surface area contributed by atoms with Crippen molar-refractivity contribution >= 4 is 55.2 Å². The Kier molecular flexibility index (Phi) is 7.88. The number of para-hydroxylation sites is 4. The summed E-state index contributed by atoms with van der Waals surface area (Å²) in [6.45, 7) is 0. The molecule has 0 N–H and O–H groups in total. The molecule has 0 radical (unpaired) electrons. The molecule has 0 amide bonds. The Morgan fingerprint density at radius 2 is 0.582 bits per heavy atom. The molecular formula is C63H38N2O2. The molecule has 4 nitrogen and oxygen atoms in total. The second-order valence-corrected chi connectivity index (χ2v) is 17.9. The van der Waals surface area contributed by atoms with Crippen LogP contribution in [0.4, 0.5) is 0 Å². The average Bonchev–Trinajstić information content (AvgIpc) is 4.10. The van der Waals surface area contributed by atoms with Gasteiger partial charge in [-0.15, -0.1) is 0 Å². The van der Waals surface area contributed by atoms with E-state index in [0.717, 1.165) is 77.9 Å². The zero-order chi connectivity index (χ0) is 44.4. The standard InChI is InChI=1S/C63H38N2O2/c66-61(39-25-31-43(32-26-39)64-57-21-9-3-15-49(57)50-16-4-10-22-58(50)64)41-29-35-47-45-13-1-7-19-53(45)63(55(47)37-41)54-20-8-2-14-46(54)48-36-30-42(38-56(48)63)62(67)40-27-33-44(34-28-40)65-59-23-11-5-17-51(59)52-18-6-12-24-60(52)65/h1-38H.